The number of hydrogen-bond donors (Lipinski definition) is 3. The Kier molecular flexibility index (Phi) is 5.40. The van der Waals surface area contributed by atoms with Crippen molar-refractivity contribution in [3.63, 3.8) is 0 Å². The molecule has 33 heavy (non-hydrogen) atoms. The van der Waals surface area contributed by atoms with Gasteiger partial charge >= 0.3 is 0 Å². The summed E-state index contributed by atoms with van der Waals surface area (Å²) in [6.07, 6.45) is 10.8. The molecule has 0 aromatic carbocycles. The van der Waals surface area contributed by atoms with Gasteiger partial charge in [-0.15, -0.1) is 0 Å². The highest BCUT2D eigenvalue weighted by atomic mass is 16.4. The Morgan fingerprint density at radius 2 is 1.55 bits per heavy atom. The molecule has 0 heterocycles. The molecule has 0 radical (unpaired) electrons. The zero-order valence-electron chi connectivity index (χ0n) is 22.3. The van der Waals surface area contributed by atoms with E-state index in [0.717, 1.165) is 24.7 Å². The van der Waals surface area contributed by atoms with Gasteiger partial charge in [0.1, 0.15) is 6.10 Å². The molecule has 5 rings (SSSR count). The van der Waals surface area contributed by atoms with E-state index in [1.807, 2.05) is 0 Å². The molecule has 5 aliphatic rings. The van der Waals surface area contributed by atoms with Crippen LogP contribution in [0.2, 0.25) is 0 Å². The van der Waals surface area contributed by atoms with Gasteiger partial charge in [-0.1, -0.05) is 46.3 Å². The SMILES string of the molecule is CC(C)=CCC[C@@H](C)[C@H]1CC[C@@]2(C)[C@@H]3CC[C@H]4C(C)(C)[C@@H](O)[C@H](O)[C@H](O)[C@@]45CC35CC[C@]12C. The monoisotopic (exact) mass is 458 g/mol. The van der Waals surface area contributed by atoms with Gasteiger partial charge in [0, 0.05) is 5.41 Å². The lowest BCUT2D eigenvalue weighted by molar-refractivity contribution is -0.236. The lowest BCUT2D eigenvalue weighted by atomic mass is 9.41. The predicted molar refractivity (Wildman–Crippen MR) is 133 cm³/mol. The Morgan fingerprint density at radius 3 is 2.21 bits per heavy atom. The molecule has 0 bridgehead atoms. The fourth-order valence-electron chi connectivity index (χ4n) is 11.2. The zero-order valence-corrected chi connectivity index (χ0v) is 22.3. The Bertz CT molecular complexity index is 828. The van der Waals surface area contributed by atoms with Crippen LogP contribution in [-0.4, -0.2) is 33.6 Å². The van der Waals surface area contributed by atoms with E-state index >= 15 is 0 Å². The summed E-state index contributed by atoms with van der Waals surface area (Å²) in [5.74, 6) is 2.49. The lowest BCUT2D eigenvalue weighted by Crippen LogP contribution is -2.65. The minimum atomic E-state index is -1.01. The third-order valence-electron chi connectivity index (χ3n) is 13.1. The molecule has 0 aromatic rings. The van der Waals surface area contributed by atoms with E-state index in [4.69, 9.17) is 0 Å². The molecule has 0 amide bonds. The molecular formula is C30H50O3. The largest absolute Gasteiger partial charge is 0.390 e. The molecule has 11 atom stereocenters. The minimum absolute atomic E-state index is 0.169. The van der Waals surface area contributed by atoms with Gasteiger partial charge in [-0.05, 0) is 117 Å². The van der Waals surface area contributed by atoms with Crippen LogP contribution in [0.4, 0.5) is 0 Å². The summed E-state index contributed by atoms with van der Waals surface area (Å²) < 4.78 is 0. The van der Waals surface area contributed by atoms with Crippen LogP contribution in [0.25, 0.3) is 0 Å². The molecule has 5 fully saturated rings. The van der Waals surface area contributed by atoms with E-state index in [0.29, 0.717) is 22.7 Å². The molecule has 0 aromatic heterocycles. The van der Waals surface area contributed by atoms with Crippen LogP contribution in [0.1, 0.15) is 106 Å². The van der Waals surface area contributed by atoms with E-state index < -0.39 is 18.3 Å². The maximum atomic E-state index is 11.5. The summed E-state index contributed by atoms with van der Waals surface area (Å²) >= 11 is 0. The average Bonchev–Trinajstić information content (AvgIpc) is 3.35. The molecule has 2 spiro atoms. The number of hydrogen-bond acceptors (Lipinski definition) is 3. The van der Waals surface area contributed by atoms with Crippen molar-refractivity contribution in [2.45, 2.75) is 125 Å². The van der Waals surface area contributed by atoms with E-state index in [9.17, 15) is 15.3 Å². The molecule has 0 aliphatic heterocycles. The molecule has 3 nitrogen and oxygen atoms in total. The van der Waals surface area contributed by atoms with Gasteiger partial charge in [0.05, 0.1) is 12.2 Å². The molecule has 5 saturated carbocycles. The Morgan fingerprint density at radius 1 is 0.879 bits per heavy atom. The molecule has 3 N–H and O–H groups in total. The van der Waals surface area contributed by atoms with Gasteiger partial charge in [-0.3, -0.25) is 0 Å². The Hall–Kier alpha value is -0.380. The number of allylic oxidation sites excluding steroid dienone is 2. The van der Waals surface area contributed by atoms with Crippen molar-refractivity contribution in [2.75, 3.05) is 0 Å². The van der Waals surface area contributed by atoms with Crippen molar-refractivity contribution in [2.24, 2.45) is 50.7 Å². The minimum Gasteiger partial charge on any atom is -0.390 e. The summed E-state index contributed by atoms with van der Waals surface area (Å²) in [4.78, 5) is 0. The van der Waals surface area contributed by atoms with Crippen LogP contribution in [0.15, 0.2) is 11.6 Å². The van der Waals surface area contributed by atoms with Gasteiger partial charge in [0.15, 0.2) is 0 Å². The summed E-state index contributed by atoms with van der Waals surface area (Å²) in [5.41, 5.74) is 1.77. The Labute approximate surface area is 202 Å². The van der Waals surface area contributed by atoms with Gasteiger partial charge in [0.2, 0.25) is 0 Å². The second-order valence-corrected chi connectivity index (χ2v) is 14.6. The summed E-state index contributed by atoms with van der Waals surface area (Å²) in [7, 11) is 0. The number of aliphatic hydroxyl groups excluding tert-OH is 3. The van der Waals surface area contributed by atoms with Crippen molar-refractivity contribution in [3.05, 3.63) is 11.6 Å². The molecule has 0 saturated heterocycles. The van der Waals surface area contributed by atoms with Crippen molar-refractivity contribution in [3.8, 4) is 0 Å². The third kappa shape index (κ3) is 2.80. The van der Waals surface area contributed by atoms with Crippen LogP contribution in [-0.2, 0) is 0 Å². The second kappa shape index (κ2) is 7.32. The Balaban J connectivity index is 1.45. The van der Waals surface area contributed by atoms with Gasteiger partial charge < -0.3 is 15.3 Å². The standard InChI is InChI=1S/C30H50O3/c1-18(2)9-8-10-19(3)20-13-14-28(7)22-12-11-21-26(4,5)24(32)23(31)25(33)30(21)17-29(22,30)16-15-27(20,28)6/h9,19-25,31-33H,8,10-17H2,1-7H3/t19-,20-,21+,22+,23+,24+,25+,27-,28+,29?,30-/m1/s1. The predicted octanol–water partition coefficient (Wildman–Crippen LogP) is 6.11. The highest BCUT2D eigenvalue weighted by molar-refractivity contribution is 5.33. The average molecular weight is 459 g/mol. The first-order valence-corrected chi connectivity index (χ1v) is 14.0. The topological polar surface area (TPSA) is 60.7 Å². The van der Waals surface area contributed by atoms with Gasteiger partial charge in [0.25, 0.3) is 0 Å². The fraction of sp³-hybridized carbons (Fsp3) is 0.933. The third-order valence-corrected chi connectivity index (χ3v) is 13.1. The molecule has 1 unspecified atom stereocenters. The fourth-order valence-corrected chi connectivity index (χ4v) is 11.2. The van der Waals surface area contributed by atoms with E-state index in [2.05, 4.69) is 54.5 Å². The maximum Gasteiger partial charge on any atom is 0.107 e. The maximum absolute atomic E-state index is 11.5. The molecule has 188 valence electrons. The van der Waals surface area contributed by atoms with Crippen LogP contribution in [0, 0.1) is 50.7 Å². The molecule has 3 heteroatoms. The van der Waals surface area contributed by atoms with Gasteiger partial charge in [-0.25, -0.2) is 0 Å². The smallest absolute Gasteiger partial charge is 0.107 e. The number of aliphatic hydroxyl groups is 3. The first-order valence-electron chi connectivity index (χ1n) is 14.0. The summed E-state index contributed by atoms with van der Waals surface area (Å²) in [6, 6.07) is 0. The first kappa shape index (κ1) is 24.3. The van der Waals surface area contributed by atoms with Crippen LogP contribution < -0.4 is 0 Å². The van der Waals surface area contributed by atoms with Gasteiger partial charge in [-0.2, -0.15) is 0 Å². The lowest BCUT2D eigenvalue weighted by Gasteiger charge is -2.64. The highest BCUT2D eigenvalue weighted by Crippen LogP contribution is 2.89. The van der Waals surface area contributed by atoms with E-state index in [-0.39, 0.29) is 16.2 Å². The summed E-state index contributed by atoms with van der Waals surface area (Å²) in [6.45, 7) is 16.4. The number of rotatable bonds is 4. The van der Waals surface area contributed by atoms with Crippen LogP contribution >= 0.6 is 0 Å². The zero-order chi connectivity index (χ0) is 24.2. The second-order valence-electron chi connectivity index (χ2n) is 14.6. The van der Waals surface area contributed by atoms with E-state index in [1.54, 1.807) is 0 Å². The summed E-state index contributed by atoms with van der Waals surface area (Å²) in [5, 5.41) is 33.3. The van der Waals surface area contributed by atoms with Crippen molar-refractivity contribution in [1.82, 2.24) is 0 Å². The van der Waals surface area contributed by atoms with Crippen molar-refractivity contribution < 1.29 is 15.3 Å². The normalized spacial score (nSPS) is 55.0. The highest BCUT2D eigenvalue weighted by Gasteiger charge is 2.85. The van der Waals surface area contributed by atoms with Crippen LogP contribution in [0.5, 0.6) is 0 Å². The van der Waals surface area contributed by atoms with Crippen LogP contribution in [0.3, 0.4) is 0 Å². The van der Waals surface area contributed by atoms with Crippen molar-refractivity contribution in [1.29, 1.82) is 0 Å². The van der Waals surface area contributed by atoms with Crippen molar-refractivity contribution >= 4 is 0 Å². The first-order chi connectivity index (χ1) is 15.3. The van der Waals surface area contributed by atoms with E-state index in [1.165, 1.54) is 50.5 Å². The molecular weight excluding hydrogens is 408 g/mol. The quantitative estimate of drug-likeness (QED) is 0.445. The molecule has 5 aliphatic carbocycles. The number of fused-ring (bicyclic) bond motifs is 2.